The Labute approximate surface area is 196 Å². The van der Waals surface area contributed by atoms with Gasteiger partial charge in [-0.05, 0) is 13.8 Å². The molecule has 3 rings (SSSR count). The topological polar surface area (TPSA) is 257 Å². The summed E-state index contributed by atoms with van der Waals surface area (Å²) in [6.45, 7) is 0.861. The van der Waals surface area contributed by atoms with Crippen molar-refractivity contribution in [3.8, 4) is 0 Å². The van der Waals surface area contributed by atoms with E-state index in [-0.39, 0.29) is 12.0 Å². The summed E-state index contributed by atoms with van der Waals surface area (Å²) in [5.74, 6) is 0. The summed E-state index contributed by atoms with van der Waals surface area (Å²) in [5.41, 5.74) is -3.46. The zero-order chi connectivity index (χ0) is 26.3. The third-order valence-electron chi connectivity index (χ3n) is 5.57. The number of hydrogen-bond acceptors (Lipinski definition) is 13. The smallest absolute Gasteiger partial charge is 0.393 e. The quantitative estimate of drug-likeness (QED) is 0.158. The number of aromatic amines is 1. The maximum absolute atomic E-state index is 12.2. The van der Waals surface area contributed by atoms with Gasteiger partial charge in [-0.1, -0.05) is 0 Å². The third kappa shape index (κ3) is 6.17. The molecule has 2 aliphatic heterocycles. The lowest BCUT2D eigenvalue weighted by atomic mass is 9.95. The second-order valence-corrected chi connectivity index (χ2v) is 11.1. The Balaban J connectivity index is 1.59. The van der Waals surface area contributed by atoms with Crippen LogP contribution in [0, 0.1) is 6.92 Å². The predicted molar refractivity (Wildman–Crippen MR) is 111 cm³/mol. The molecule has 35 heavy (non-hydrogen) atoms. The van der Waals surface area contributed by atoms with Crippen molar-refractivity contribution in [2.45, 2.75) is 62.8 Å². The molecule has 0 amide bonds. The third-order valence-corrected chi connectivity index (χ3v) is 8.17. The standard InChI is InChI=1S/C16H26N2O15P2/c1-7-4-18(15(23)17-13(7)22)11-3-9(20)10(31-11)5-29-34(25,26)33-35(27,28)32-14-12(21)16(24,6-19)8(2)30-14/h4,8-12,14,19-21,24H,3,5-6H2,1-2H3,(H,25,26)(H,27,28)(H,17,22,23)/t8-,9-,10+,11+,12-,14+,16+/m0/s1. The minimum Gasteiger partial charge on any atom is -0.393 e. The van der Waals surface area contributed by atoms with E-state index >= 15 is 0 Å². The molecule has 2 aliphatic rings. The van der Waals surface area contributed by atoms with Crippen molar-refractivity contribution in [2.75, 3.05) is 13.2 Å². The summed E-state index contributed by atoms with van der Waals surface area (Å²) in [6.07, 6.45) is -7.82. The molecule has 2 unspecified atom stereocenters. The van der Waals surface area contributed by atoms with Crippen LogP contribution in [0.3, 0.4) is 0 Å². The minimum absolute atomic E-state index is 0.152. The van der Waals surface area contributed by atoms with Gasteiger partial charge in [0.1, 0.15) is 24.0 Å². The number of ether oxygens (including phenoxy) is 2. The van der Waals surface area contributed by atoms with Crippen LogP contribution in [0.4, 0.5) is 0 Å². The van der Waals surface area contributed by atoms with Crippen molar-refractivity contribution in [1.29, 1.82) is 0 Å². The van der Waals surface area contributed by atoms with Crippen LogP contribution < -0.4 is 11.2 Å². The van der Waals surface area contributed by atoms with Crippen LogP contribution >= 0.6 is 15.6 Å². The lowest BCUT2D eigenvalue weighted by Crippen LogP contribution is -2.50. The number of hydrogen-bond donors (Lipinski definition) is 7. The van der Waals surface area contributed by atoms with Crippen molar-refractivity contribution < 1.29 is 62.2 Å². The zero-order valence-electron chi connectivity index (χ0n) is 18.4. The zero-order valence-corrected chi connectivity index (χ0v) is 20.2. The largest absolute Gasteiger partial charge is 0.483 e. The van der Waals surface area contributed by atoms with Gasteiger partial charge in [-0.3, -0.25) is 23.4 Å². The van der Waals surface area contributed by atoms with Crippen LogP contribution in [-0.2, 0) is 32.0 Å². The first kappa shape index (κ1) is 28.3. The Hall–Kier alpha value is -1.30. The number of rotatable bonds is 9. The van der Waals surface area contributed by atoms with E-state index in [0.29, 0.717) is 0 Å². The maximum atomic E-state index is 12.2. The fourth-order valence-electron chi connectivity index (χ4n) is 3.48. The normalized spacial score (nSPS) is 36.7. The molecule has 0 radical (unpaired) electrons. The van der Waals surface area contributed by atoms with Crippen molar-refractivity contribution in [2.24, 2.45) is 0 Å². The molecule has 19 heteroatoms. The fraction of sp³-hybridized carbons (Fsp3) is 0.750. The predicted octanol–water partition coefficient (Wildman–Crippen LogP) is -2.43. The number of aliphatic hydroxyl groups excluding tert-OH is 3. The molecule has 7 N–H and O–H groups in total. The molecule has 0 spiro atoms. The van der Waals surface area contributed by atoms with E-state index in [1.54, 1.807) is 0 Å². The van der Waals surface area contributed by atoms with Crippen LogP contribution in [0.15, 0.2) is 15.8 Å². The average Bonchev–Trinajstić information content (AvgIpc) is 3.21. The van der Waals surface area contributed by atoms with Crippen LogP contribution in [0.25, 0.3) is 0 Å². The molecule has 3 heterocycles. The minimum atomic E-state index is -5.45. The highest BCUT2D eigenvalue weighted by molar-refractivity contribution is 7.61. The van der Waals surface area contributed by atoms with E-state index in [9.17, 15) is 48.9 Å². The second-order valence-electron chi connectivity index (χ2n) is 8.07. The Morgan fingerprint density at radius 1 is 1.23 bits per heavy atom. The lowest BCUT2D eigenvalue weighted by Gasteiger charge is -2.26. The second kappa shape index (κ2) is 10.2. The Morgan fingerprint density at radius 2 is 1.89 bits per heavy atom. The number of phosphoric ester groups is 2. The summed E-state index contributed by atoms with van der Waals surface area (Å²) < 4.78 is 49.0. The molecule has 1 aromatic heterocycles. The van der Waals surface area contributed by atoms with Gasteiger partial charge in [-0.15, -0.1) is 0 Å². The van der Waals surface area contributed by atoms with Gasteiger partial charge in [0, 0.05) is 18.2 Å². The summed E-state index contributed by atoms with van der Waals surface area (Å²) in [5, 5.41) is 39.5. The molecular formula is C16H26N2O15P2. The van der Waals surface area contributed by atoms with E-state index in [4.69, 9.17) is 9.47 Å². The Bertz CT molecular complexity index is 1140. The molecule has 0 saturated carbocycles. The molecule has 17 nitrogen and oxygen atoms in total. The van der Waals surface area contributed by atoms with Crippen LogP contribution in [-0.4, -0.2) is 89.3 Å². The summed E-state index contributed by atoms with van der Waals surface area (Å²) in [6, 6.07) is 0. The molecular weight excluding hydrogens is 522 g/mol. The van der Waals surface area contributed by atoms with Crippen LogP contribution in [0.1, 0.15) is 25.1 Å². The molecule has 0 aliphatic carbocycles. The number of aryl methyl sites for hydroxylation is 1. The molecule has 0 aromatic carbocycles. The molecule has 200 valence electrons. The van der Waals surface area contributed by atoms with Gasteiger partial charge in [-0.2, -0.15) is 4.31 Å². The van der Waals surface area contributed by atoms with Gasteiger partial charge in [0.15, 0.2) is 6.29 Å². The first-order valence-corrected chi connectivity index (χ1v) is 13.1. The highest BCUT2D eigenvalue weighted by atomic mass is 31.3. The maximum Gasteiger partial charge on any atom is 0.483 e. The average molecular weight is 548 g/mol. The van der Waals surface area contributed by atoms with Gasteiger partial charge < -0.3 is 39.7 Å². The summed E-state index contributed by atoms with van der Waals surface area (Å²) in [4.78, 5) is 45.1. The van der Waals surface area contributed by atoms with E-state index in [1.165, 1.54) is 20.0 Å². The molecule has 2 fully saturated rings. The van der Waals surface area contributed by atoms with Crippen LogP contribution in [0.5, 0.6) is 0 Å². The summed E-state index contributed by atoms with van der Waals surface area (Å²) in [7, 11) is -10.8. The number of H-pyrrole nitrogens is 1. The molecule has 9 atom stereocenters. The highest BCUT2D eigenvalue weighted by Gasteiger charge is 2.56. The van der Waals surface area contributed by atoms with Gasteiger partial charge in [0.2, 0.25) is 0 Å². The van der Waals surface area contributed by atoms with Gasteiger partial charge in [0.25, 0.3) is 5.56 Å². The summed E-state index contributed by atoms with van der Waals surface area (Å²) >= 11 is 0. The molecule has 0 bridgehead atoms. The van der Waals surface area contributed by atoms with E-state index in [1.807, 2.05) is 0 Å². The number of aromatic nitrogens is 2. The fourth-order valence-corrected chi connectivity index (χ4v) is 5.63. The number of nitrogens with zero attached hydrogens (tertiary/aromatic N) is 1. The van der Waals surface area contributed by atoms with E-state index < -0.39 is 82.6 Å². The van der Waals surface area contributed by atoms with E-state index in [0.717, 1.165) is 4.57 Å². The number of aliphatic hydroxyl groups is 4. The molecule has 2 saturated heterocycles. The Morgan fingerprint density at radius 3 is 2.49 bits per heavy atom. The lowest BCUT2D eigenvalue weighted by molar-refractivity contribution is -0.123. The van der Waals surface area contributed by atoms with Crippen LogP contribution in [0.2, 0.25) is 0 Å². The number of nitrogens with one attached hydrogen (secondary N) is 1. The van der Waals surface area contributed by atoms with E-state index in [2.05, 4.69) is 18.3 Å². The van der Waals surface area contributed by atoms with Crippen molar-refractivity contribution in [3.05, 3.63) is 32.6 Å². The first-order valence-electron chi connectivity index (χ1n) is 10.1. The first-order chi connectivity index (χ1) is 16.1. The Kier molecular flexibility index (Phi) is 8.26. The monoisotopic (exact) mass is 548 g/mol. The highest BCUT2D eigenvalue weighted by Crippen LogP contribution is 2.61. The van der Waals surface area contributed by atoms with Crippen molar-refractivity contribution in [1.82, 2.24) is 9.55 Å². The SMILES string of the molecule is Cc1cn([C@H]2C[C@H](O)[C@@H](COP(=O)(O)OP(=O)(O)O[C@H]3O[C@@H](C)[C@](O)(CO)[C@H]3O)O2)c(=O)[nH]c1=O. The number of phosphoric acid groups is 2. The van der Waals surface area contributed by atoms with Gasteiger partial charge in [-0.25, -0.2) is 13.9 Å². The van der Waals surface area contributed by atoms with Gasteiger partial charge in [0.05, 0.1) is 25.4 Å². The van der Waals surface area contributed by atoms with Gasteiger partial charge >= 0.3 is 21.3 Å². The molecule has 1 aromatic rings. The van der Waals surface area contributed by atoms with Crippen molar-refractivity contribution >= 4 is 15.6 Å². The van der Waals surface area contributed by atoms with Crippen molar-refractivity contribution in [3.63, 3.8) is 0 Å².